The van der Waals surface area contributed by atoms with E-state index in [1.54, 1.807) is 14.2 Å². The molecule has 1 aromatic carbocycles. The first-order chi connectivity index (χ1) is 9.07. The van der Waals surface area contributed by atoms with E-state index in [9.17, 15) is 4.79 Å². The lowest BCUT2D eigenvalue weighted by Crippen LogP contribution is -2.21. The fourth-order valence-corrected chi connectivity index (χ4v) is 1.99. The summed E-state index contributed by atoms with van der Waals surface area (Å²) in [5.74, 6) is 1.07. The van der Waals surface area contributed by atoms with Crippen LogP contribution in [0.25, 0.3) is 0 Å². The molecule has 106 valence electrons. The van der Waals surface area contributed by atoms with Crippen LogP contribution in [0.4, 0.5) is 0 Å². The van der Waals surface area contributed by atoms with Crippen molar-refractivity contribution in [2.24, 2.45) is 0 Å². The van der Waals surface area contributed by atoms with E-state index in [1.807, 2.05) is 26.1 Å². The molecule has 0 amide bonds. The quantitative estimate of drug-likeness (QED) is 0.797. The van der Waals surface area contributed by atoms with Gasteiger partial charge in [0.05, 0.1) is 27.8 Å². The molecule has 19 heavy (non-hydrogen) atoms. The number of hydrogen-bond acceptors (Lipinski definition) is 5. The van der Waals surface area contributed by atoms with Crippen molar-refractivity contribution in [1.29, 1.82) is 0 Å². The number of carbonyl (C=O) groups excluding carboxylic acids is 1. The highest BCUT2D eigenvalue weighted by molar-refractivity contribution is 5.70. The van der Waals surface area contributed by atoms with Crippen LogP contribution in [0, 0.1) is 6.92 Å². The Morgan fingerprint density at radius 3 is 2.26 bits per heavy atom. The highest BCUT2D eigenvalue weighted by Crippen LogP contribution is 2.33. The van der Waals surface area contributed by atoms with E-state index in [4.69, 9.17) is 14.2 Å². The zero-order valence-corrected chi connectivity index (χ0v) is 12.1. The molecule has 0 spiro atoms. The van der Waals surface area contributed by atoms with E-state index in [2.05, 4.69) is 5.32 Å². The molecule has 0 saturated carbocycles. The van der Waals surface area contributed by atoms with Gasteiger partial charge < -0.3 is 19.5 Å². The molecule has 5 nitrogen and oxygen atoms in total. The standard InChI is InChI=1S/C14H21NO4/c1-9-6-12(17-3)13(18-4)7-10(9)11(15-2)8-14(16)19-5/h6-7,11,15H,8H2,1-5H3. The lowest BCUT2D eigenvalue weighted by atomic mass is 9.98. The van der Waals surface area contributed by atoms with Crippen molar-refractivity contribution in [3.63, 3.8) is 0 Å². The van der Waals surface area contributed by atoms with E-state index >= 15 is 0 Å². The maximum Gasteiger partial charge on any atom is 0.307 e. The lowest BCUT2D eigenvalue weighted by molar-refractivity contribution is -0.141. The van der Waals surface area contributed by atoms with Crippen LogP contribution in [-0.4, -0.2) is 34.3 Å². The Morgan fingerprint density at radius 1 is 1.21 bits per heavy atom. The van der Waals surface area contributed by atoms with E-state index in [0.717, 1.165) is 11.1 Å². The molecule has 0 heterocycles. The van der Waals surface area contributed by atoms with Crippen LogP contribution in [0.5, 0.6) is 11.5 Å². The van der Waals surface area contributed by atoms with Crippen molar-refractivity contribution >= 4 is 5.97 Å². The average molecular weight is 267 g/mol. The molecule has 0 radical (unpaired) electrons. The lowest BCUT2D eigenvalue weighted by Gasteiger charge is -2.20. The summed E-state index contributed by atoms with van der Waals surface area (Å²) >= 11 is 0. The second-order valence-electron chi connectivity index (χ2n) is 4.19. The monoisotopic (exact) mass is 267 g/mol. The third-order valence-electron chi connectivity index (χ3n) is 3.09. The molecule has 5 heteroatoms. The maximum absolute atomic E-state index is 11.4. The number of esters is 1. The van der Waals surface area contributed by atoms with Gasteiger partial charge in [0.15, 0.2) is 11.5 Å². The van der Waals surface area contributed by atoms with Crippen LogP contribution in [0.2, 0.25) is 0 Å². The SMILES string of the molecule is CNC(CC(=O)OC)c1cc(OC)c(OC)cc1C. The van der Waals surface area contributed by atoms with Gasteiger partial charge in [-0.3, -0.25) is 4.79 Å². The Hall–Kier alpha value is -1.75. The Balaban J connectivity index is 3.13. The van der Waals surface area contributed by atoms with Crippen molar-refractivity contribution in [3.8, 4) is 11.5 Å². The Morgan fingerprint density at radius 2 is 1.79 bits per heavy atom. The summed E-state index contributed by atoms with van der Waals surface area (Å²) in [7, 11) is 6.38. The summed E-state index contributed by atoms with van der Waals surface area (Å²) in [4.78, 5) is 11.4. The van der Waals surface area contributed by atoms with E-state index in [0.29, 0.717) is 11.5 Å². The third kappa shape index (κ3) is 3.61. The maximum atomic E-state index is 11.4. The van der Waals surface area contributed by atoms with Gasteiger partial charge in [-0.1, -0.05) is 0 Å². The van der Waals surface area contributed by atoms with Gasteiger partial charge in [-0.15, -0.1) is 0 Å². The number of hydrogen-bond donors (Lipinski definition) is 1. The summed E-state index contributed by atoms with van der Waals surface area (Å²) in [6, 6.07) is 3.67. The first-order valence-electron chi connectivity index (χ1n) is 6.04. The van der Waals surface area contributed by atoms with Crippen LogP contribution in [-0.2, 0) is 9.53 Å². The van der Waals surface area contributed by atoms with Crippen LogP contribution < -0.4 is 14.8 Å². The molecule has 0 aliphatic carbocycles. The number of aryl methyl sites for hydroxylation is 1. The predicted octanol–water partition coefficient (Wildman–Crippen LogP) is 1.84. The summed E-state index contributed by atoms with van der Waals surface area (Å²) in [5.41, 5.74) is 2.02. The Kier molecular flexibility index (Phi) is 5.63. The number of carbonyl (C=O) groups is 1. The zero-order chi connectivity index (χ0) is 14.4. The third-order valence-corrected chi connectivity index (χ3v) is 3.09. The molecule has 1 aromatic rings. The van der Waals surface area contributed by atoms with Crippen LogP contribution in [0.3, 0.4) is 0 Å². The fraction of sp³-hybridized carbons (Fsp3) is 0.500. The minimum absolute atomic E-state index is 0.118. The molecule has 0 bridgehead atoms. The smallest absolute Gasteiger partial charge is 0.307 e. The molecular weight excluding hydrogens is 246 g/mol. The first-order valence-corrected chi connectivity index (χ1v) is 6.04. The fourth-order valence-electron chi connectivity index (χ4n) is 1.99. The summed E-state index contributed by atoms with van der Waals surface area (Å²) in [6.45, 7) is 1.97. The minimum atomic E-state index is -0.256. The van der Waals surface area contributed by atoms with Crippen molar-refractivity contribution < 1.29 is 19.0 Å². The molecule has 0 aromatic heterocycles. The van der Waals surface area contributed by atoms with Crippen molar-refractivity contribution in [2.45, 2.75) is 19.4 Å². The van der Waals surface area contributed by atoms with E-state index in [1.165, 1.54) is 7.11 Å². The molecule has 1 atom stereocenters. The van der Waals surface area contributed by atoms with Gasteiger partial charge in [0, 0.05) is 6.04 Å². The zero-order valence-electron chi connectivity index (χ0n) is 12.1. The highest BCUT2D eigenvalue weighted by atomic mass is 16.5. The Bertz CT molecular complexity index is 445. The number of ether oxygens (including phenoxy) is 3. The second-order valence-corrected chi connectivity index (χ2v) is 4.19. The summed E-state index contributed by atoms with van der Waals surface area (Å²) in [5, 5.41) is 3.12. The number of rotatable bonds is 6. The predicted molar refractivity (Wildman–Crippen MR) is 72.7 cm³/mol. The number of methoxy groups -OCH3 is 3. The summed E-state index contributed by atoms with van der Waals surface area (Å²) in [6.07, 6.45) is 0.267. The van der Waals surface area contributed by atoms with E-state index in [-0.39, 0.29) is 18.4 Å². The number of nitrogens with one attached hydrogen (secondary N) is 1. The van der Waals surface area contributed by atoms with Crippen molar-refractivity contribution in [2.75, 3.05) is 28.4 Å². The molecule has 0 aliphatic rings. The van der Waals surface area contributed by atoms with E-state index < -0.39 is 0 Å². The van der Waals surface area contributed by atoms with Gasteiger partial charge in [0.2, 0.25) is 0 Å². The molecule has 1 unspecified atom stereocenters. The normalized spacial score (nSPS) is 11.8. The first kappa shape index (κ1) is 15.3. The van der Waals surface area contributed by atoms with Crippen LogP contribution in [0.15, 0.2) is 12.1 Å². The molecular formula is C14H21NO4. The number of benzene rings is 1. The molecule has 0 aliphatic heterocycles. The largest absolute Gasteiger partial charge is 0.493 e. The van der Waals surface area contributed by atoms with Gasteiger partial charge >= 0.3 is 5.97 Å². The topological polar surface area (TPSA) is 56.8 Å². The van der Waals surface area contributed by atoms with Crippen molar-refractivity contribution in [1.82, 2.24) is 5.32 Å². The second kappa shape index (κ2) is 6.99. The minimum Gasteiger partial charge on any atom is -0.493 e. The van der Waals surface area contributed by atoms with Crippen LogP contribution >= 0.6 is 0 Å². The van der Waals surface area contributed by atoms with Gasteiger partial charge in [0.1, 0.15) is 0 Å². The molecule has 0 fully saturated rings. The summed E-state index contributed by atoms with van der Waals surface area (Å²) < 4.78 is 15.3. The van der Waals surface area contributed by atoms with Crippen molar-refractivity contribution in [3.05, 3.63) is 23.3 Å². The average Bonchev–Trinajstić information content (AvgIpc) is 2.44. The van der Waals surface area contributed by atoms with Gasteiger partial charge in [-0.05, 0) is 37.2 Å². The van der Waals surface area contributed by atoms with Gasteiger partial charge in [-0.2, -0.15) is 0 Å². The highest BCUT2D eigenvalue weighted by Gasteiger charge is 2.19. The molecule has 0 saturated heterocycles. The van der Waals surface area contributed by atoms with Gasteiger partial charge in [0.25, 0.3) is 0 Å². The Labute approximate surface area is 113 Å². The molecule has 1 N–H and O–H groups in total. The van der Waals surface area contributed by atoms with Gasteiger partial charge in [-0.25, -0.2) is 0 Å². The van der Waals surface area contributed by atoms with Crippen LogP contribution in [0.1, 0.15) is 23.6 Å². The molecule has 1 rings (SSSR count).